The van der Waals surface area contributed by atoms with E-state index in [0.717, 1.165) is 16.8 Å². The maximum absolute atomic E-state index is 5.73. The van der Waals surface area contributed by atoms with Crippen molar-refractivity contribution in [2.75, 3.05) is 5.73 Å². The van der Waals surface area contributed by atoms with E-state index in [9.17, 15) is 0 Å². The highest BCUT2D eigenvalue weighted by molar-refractivity contribution is 5.74. The standard InChI is InChI=1S/C14H18N2O/c1-7-6-8(2)10(4)12(9(7)3)13-11(5)14(15)17-16-13/h6H,15H2,1-5H3. The minimum atomic E-state index is 0.401. The van der Waals surface area contributed by atoms with Gasteiger partial charge in [-0.3, -0.25) is 0 Å². The van der Waals surface area contributed by atoms with E-state index in [0.29, 0.717) is 5.88 Å². The first-order valence-electron chi connectivity index (χ1n) is 5.73. The van der Waals surface area contributed by atoms with Crippen molar-refractivity contribution < 1.29 is 4.52 Å². The van der Waals surface area contributed by atoms with Crippen molar-refractivity contribution in [2.24, 2.45) is 0 Å². The van der Waals surface area contributed by atoms with Crippen molar-refractivity contribution in [2.45, 2.75) is 34.6 Å². The van der Waals surface area contributed by atoms with Crippen LogP contribution in [0.2, 0.25) is 0 Å². The highest BCUT2D eigenvalue weighted by Crippen LogP contribution is 2.34. The van der Waals surface area contributed by atoms with E-state index in [1.165, 1.54) is 22.3 Å². The summed E-state index contributed by atoms with van der Waals surface area (Å²) in [6.07, 6.45) is 0. The second-order valence-electron chi connectivity index (χ2n) is 4.66. The molecule has 2 aromatic rings. The lowest BCUT2D eigenvalue weighted by molar-refractivity contribution is 0.438. The van der Waals surface area contributed by atoms with Crippen LogP contribution in [0.3, 0.4) is 0 Å². The van der Waals surface area contributed by atoms with E-state index < -0.39 is 0 Å². The summed E-state index contributed by atoms with van der Waals surface area (Å²) in [5.41, 5.74) is 13.7. The average molecular weight is 230 g/mol. The first-order valence-corrected chi connectivity index (χ1v) is 5.73. The van der Waals surface area contributed by atoms with Crippen molar-refractivity contribution in [1.29, 1.82) is 0 Å². The van der Waals surface area contributed by atoms with E-state index in [1.54, 1.807) is 0 Å². The van der Waals surface area contributed by atoms with Gasteiger partial charge in [0.1, 0.15) is 5.69 Å². The molecular formula is C14H18N2O. The third-order valence-electron chi connectivity index (χ3n) is 3.56. The zero-order chi connectivity index (χ0) is 12.7. The molecule has 0 saturated heterocycles. The Kier molecular flexibility index (Phi) is 2.69. The van der Waals surface area contributed by atoms with E-state index >= 15 is 0 Å². The number of rotatable bonds is 1. The van der Waals surface area contributed by atoms with Gasteiger partial charge in [-0.05, 0) is 56.9 Å². The van der Waals surface area contributed by atoms with E-state index in [4.69, 9.17) is 10.3 Å². The fraction of sp³-hybridized carbons (Fsp3) is 0.357. The SMILES string of the molecule is Cc1cc(C)c(C)c(-c2noc(N)c2C)c1C. The third kappa shape index (κ3) is 1.71. The number of benzene rings is 1. The Morgan fingerprint density at radius 3 is 1.88 bits per heavy atom. The highest BCUT2D eigenvalue weighted by Gasteiger charge is 2.17. The van der Waals surface area contributed by atoms with Crippen LogP contribution in [0.25, 0.3) is 11.3 Å². The summed E-state index contributed by atoms with van der Waals surface area (Å²) >= 11 is 0. The van der Waals surface area contributed by atoms with Crippen LogP contribution in [-0.4, -0.2) is 5.16 Å². The topological polar surface area (TPSA) is 52.0 Å². The van der Waals surface area contributed by atoms with Crippen LogP contribution in [0, 0.1) is 34.6 Å². The summed E-state index contributed by atoms with van der Waals surface area (Å²) in [5, 5.41) is 4.09. The molecule has 1 heterocycles. The maximum Gasteiger partial charge on any atom is 0.225 e. The lowest BCUT2D eigenvalue weighted by atomic mass is 9.91. The molecule has 0 aliphatic heterocycles. The maximum atomic E-state index is 5.73. The Labute approximate surface area is 102 Å². The first-order chi connectivity index (χ1) is 7.93. The Balaban J connectivity index is 2.79. The van der Waals surface area contributed by atoms with Crippen LogP contribution in [-0.2, 0) is 0 Å². The molecule has 0 aliphatic carbocycles. The van der Waals surface area contributed by atoms with Crippen molar-refractivity contribution in [3.8, 4) is 11.3 Å². The van der Waals surface area contributed by atoms with Gasteiger partial charge in [0.2, 0.25) is 5.88 Å². The molecule has 2 N–H and O–H groups in total. The average Bonchev–Trinajstić information content (AvgIpc) is 2.59. The van der Waals surface area contributed by atoms with Gasteiger partial charge in [0.15, 0.2) is 0 Å². The Hall–Kier alpha value is -1.77. The summed E-state index contributed by atoms with van der Waals surface area (Å²) < 4.78 is 5.07. The lowest BCUT2D eigenvalue weighted by Gasteiger charge is -2.13. The molecular weight excluding hydrogens is 212 g/mol. The summed E-state index contributed by atoms with van der Waals surface area (Å²) in [4.78, 5) is 0. The molecule has 0 saturated carbocycles. The zero-order valence-corrected chi connectivity index (χ0v) is 11.0. The molecule has 0 spiro atoms. The second-order valence-corrected chi connectivity index (χ2v) is 4.66. The minimum Gasteiger partial charge on any atom is -0.367 e. The molecule has 0 atom stereocenters. The quantitative estimate of drug-likeness (QED) is 0.816. The second kappa shape index (κ2) is 3.91. The van der Waals surface area contributed by atoms with Crippen molar-refractivity contribution in [3.05, 3.63) is 33.9 Å². The zero-order valence-electron chi connectivity index (χ0n) is 11.0. The van der Waals surface area contributed by atoms with Crippen molar-refractivity contribution in [1.82, 2.24) is 5.16 Å². The molecule has 0 bridgehead atoms. The van der Waals surface area contributed by atoms with E-state index in [-0.39, 0.29) is 0 Å². The van der Waals surface area contributed by atoms with Crippen LogP contribution >= 0.6 is 0 Å². The third-order valence-corrected chi connectivity index (χ3v) is 3.56. The number of hydrogen-bond donors (Lipinski definition) is 1. The van der Waals surface area contributed by atoms with Crippen LogP contribution in [0.4, 0.5) is 5.88 Å². The van der Waals surface area contributed by atoms with Gasteiger partial charge in [-0.15, -0.1) is 0 Å². The summed E-state index contributed by atoms with van der Waals surface area (Å²) in [6.45, 7) is 10.4. The number of nitrogens with zero attached hydrogens (tertiary/aromatic N) is 1. The number of aryl methyl sites for hydroxylation is 2. The molecule has 0 amide bonds. The van der Waals surface area contributed by atoms with E-state index in [2.05, 4.69) is 38.9 Å². The van der Waals surface area contributed by atoms with Gasteiger partial charge in [0.05, 0.1) is 0 Å². The molecule has 17 heavy (non-hydrogen) atoms. The monoisotopic (exact) mass is 230 g/mol. The largest absolute Gasteiger partial charge is 0.367 e. The minimum absolute atomic E-state index is 0.401. The van der Waals surface area contributed by atoms with Gasteiger partial charge >= 0.3 is 0 Å². The fourth-order valence-electron chi connectivity index (χ4n) is 2.15. The van der Waals surface area contributed by atoms with Crippen molar-refractivity contribution >= 4 is 5.88 Å². The van der Waals surface area contributed by atoms with Gasteiger partial charge in [-0.1, -0.05) is 11.2 Å². The molecule has 0 aliphatic rings. The molecule has 2 rings (SSSR count). The predicted molar refractivity (Wildman–Crippen MR) is 70.0 cm³/mol. The molecule has 0 unspecified atom stereocenters. The summed E-state index contributed by atoms with van der Waals surface area (Å²) in [5.74, 6) is 0.401. The molecule has 90 valence electrons. The number of nitrogens with two attached hydrogens (primary N) is 1. The van der Waals surface area contributed by atoms with Crippen LogP contribution < -0.4 is 5.73 Å². The Bertz CT molecular complexity index is 556. The summed E-state index contributed by atoms with van der Waals surface area (Å²) in [6, 6.07) is 2.20. The van der Waals surface area contributed by atoms with Gasteiger partial charge in [0.25, 0.3) is 0 Å². The number of nitrogen functional groups attached to an aromatic ring is 1. The molecule has 3 nitrogen and oxygen atoms in total. The highest BCUT2D eigenvalue weighted by atomic mass is 16.5. The van der Waals surface area contributed by atoms with Gasteiger partial charge in [-0.2, -0.15) is 0 Å². The first kappa shape index (κ1) is 11.7. The number of hydrogen-bond acceptors (Lipinski definition) is 3. The molecule has 0 fully saturated rings. The smallest absolute Gasteiger partial charge is 0.225 e. The molecule has 1 aromatic heterocycles. The number of anilines is 1. The number of aromatic nitrogens is 1. The normalized spacial score (nSPS) is 10.9. The van der Waals surface area contributed by atoms with Gasteiger partial charge in [-0.25, -0.2) is 0 Å². The predicted octanol–water partition coefficient (Wildman–Crippen LogP) is 3.47. The Morgan fingerprint density at radius 1 is 0.941 bits per heavy atom. The van der Waals surface area contributed by atoms with Gasteiger partial charge < -0.3 is 10.3 Å². The van der Waals surface area contributed by atoms with Crippen LogP contribution in [0.1, 0.15) is 27.8 Å². The molecule has 1 aromatic carbocycles. The fourth-order valence-corrected chi connectivity index (χ4v) is 2.15. The summed E-state index contributed by atoms with van der Waals surface area (Å²) in [7, 11) is 0. The van der Waals surface area contributed by atoms with Crippen molar-refractivity contribution in [3.63, 3.8) is 0 Å². The Morgan fingerprint density at radius 2 is 1.47 bits per heavy atom. The lowest BCUT2D eigenvalue weighted by Crippen LogP contribution is -1.96. The van der Waals surface area contributed by atoms with Gasteiger partial charge in [0, 0.05) is 11.1 Å². The van der Waals surface area contributed by atoms with Crippen LogP contribution in [0.15, 0.2) is 10.6 Å². The molecule has 3 heteroatoms. The molecule has 0 radical (unpaired) electrons. The van der Waals surface area contributed by atoms with Crippen LogP contribution in [0.5, 0.6) is 0 Å². The van der Waals surface area contributed by atoms with E-state index in [1.807, 2.05) is 6.92 Å².